The summed E-state index contributed by atoms with van der Waals surface area (Å²) in [5.74, 6) is 1.06. The van der Waals surface area contributed by atoms with Crippen molar-refractivity contribution in [1.82, 2.24) is 25.0 Å². The van der Waals surface area contributed by atoms with Crippen LogP contribution in [0, 0.1) is 0 Å². The number of rotatable bonds is 8. The highest BCUT2D eigenvalue weighted by molar-refractivity contribution is 7.91. The lowest BCUT2D eigenvalue weighted by molar-refractivity contribution is -0.121. The molecule has 1 saturated heterocycles. The fourth-order valence-electron chi connectivity index (χ4n) is 2.50. The molecule has 2 heterocycles. The number of nitrogens with one attached hydrogen (secondary N) is 2. The summed E-state index contributed by atoms with van der Waals surface area (Å²) in [6, 6.07) is 0.0328. The molecule has 1 aromatic rings. The van der Waals surface area contributed by atoms with Crippen LogP contribution in [0.15, 0.2) is 6.33 Å². The van der Waals surface area contributed by atoms with Gasteiger partial charge in [0.2, 0.25) is 11.9 Å². The third-order valence-corrected chi connectivity index (χ3v) is 5.72. The minimum absolute atomic E-state index is 0.0328. The normalized spacial score (nSPS) is 19.9. The Hall–Kier alpha value is -1.68. The van der Waals surface area contributed by atoms with Crippen molar-refractivity contribution in [2.24, 2.45) is 7.05 Å². The molecule has 1 aliphatic heterocycles. The smallest absolute Gasteiger partial charge is 0.221 e. The number of hydrogen-bond donors (Lipinski definition) is 2. The Morgan fingerprint density at radius 1 is 1.48 bits per heavy atom. The van der Waals surface area contributed by atoms with Crippen LogP contribution in [0.4, 0.5) is 5.95 Å². The monoisotopic (exact) mass is 344 g/mol. The Morgan fingerprint density at radius 2 is 2.26 bits per heavy atom. The molecule has 23 heavy (non-hydrogen) atoms. The van der Waals surface area contributed by atoms with E-state index in [2.05, 4.69) is 20.7 Å². The van der Waals surface area contributed by atoms with Crippen molar-refractivity contribution in [2.75, 3.05) is 43.5 Å². The number of aromatic nitrogens is 3. The summed E-state index contributed by atoms with van der Waals surface area (Å²) in [6.07, 6.45) is 2.47. The van der Waals surface area contributed by atoms with Crippen LogP contribution in [-0.4, -0.2) is 78.2 Å². The standard InChI is InChI=1S/C13H24N6O3S/c1-18(11-4-8-23(21,22)9-11)7-3-12(20)14-5-6-15-13-16-10-17-19(13)2/h10-11H,3-9H2,1-2H3,(H,14,20)(H,15,16,17). The highest BCUT2D eigenvalue weighted by Crippen LogP contribution is 2.16. The van der Waals surface area contributed by atoms with Crippen molar-refractivity contribution in [1.29, 1.82) is 0 Å². The summed E-state index contributed by atoms with van der Waals surface area (Å²) in [5, 5.41) is 9.82. The second kappa shape index (κ2) is 7.73. The molecule has 130 valence electrons. The van der Waals surface area contributed by atoms with E-state index in [4.69, 9.17) is 0 Å². The summed E-state index contributed by atoms with van der Waals surface area (Å²) < 4.78 is 24.5. The van der Waals surface area contributed by atoms with Crippen molar-refractivity contribution < 1.29 is 13.2 Å². The third-order valence-electron chi connectivity index (χ3n) is 3.96. The van der Waals surface area contributed by atoms with Crippen LogP contribution in [0.2, 0.25) is 0 Å². The van der Waals surface area contributed by atoms with E-state index >= 15 is 0 Å². The van der Waals surface area contributed by atoms with Crippen molar-refractivity contribution in [3.8, 4) is 0 Å². The largest absolute Gasteiger partial charge is 0.354 e. The van der Waals surface area contributed by atoms with Gasteiger partial charge in [-0.3, -0.25) is 4.79 Å². The number of hydrogen-bond acceptors (Lipinski definition) is 7. The third kappa shape index (κ3) is 5.47. The van der Waals surface area contributed by atoms with E-state index in [1.165, 1.54) is 6.33 Å². The van der Waals surface area contributed by atoms with Crippen molar-refractivity contribution >= 4 is 21.7 Å². The minimum Gasteiger partial charge on any atom is -0.354 e. The molecular weight excluding hydrogens is 320 g/mol. The summed E-state index contributed by atoms with van der Waals surface area (Å²) in [7, 11) is 0.769. The molecule has 0 aliphatic carbocycles. The fourth-order valence-corrected chi connectivity index (χ4v) is 4.31. The molecule has 1 aromatic heterocycles. The second-order valence-corrected chi connectivity index (χ2v) is 8.00. The maximum atomic E-state index is 11.8. The molecule has 1 fully saturated rings. The lowest BCUT2D eigenvalue weighted by atomic mass is 10.2. The number of anilines is 1. The number of nitrogens with zero attached hydrogens (tertiary/aromatic N) is 4. The lowest BCUT2D eigenvalue weighted by Crippen LogP contribution is -2.37. The van der Waals surface area contributed by atoms with Gasteiger partial charge < -0.3 is 15.5 Å². The Morgan fingerprint density at radius 3 is 2.87 bits per heavy atom. The predicted octanol–water partition coefficient (Wildman–Crippen LogP) is -1.15. The zero-order chi connectivity index (χ0) is 16.9. The first-order valence-electron chi connectivity index (χ1n) is 7.62. The van der Waals surface area contributed by atoms with Crippen molar-refractivity contribution in [3.63, 3.8) is 0 Å². The SMILES string of the molecule is CN(CCC(=O)NCCNc1ncnn1C)C1CCS(=O)(=O)C1. The van der Waals surface area contributed by atoms with E-state index in [9.17, 15) is 13.2 Å². The molecular formula is C13H24N6O3S. The van der Waals surface area contributed by atoms with Crippen LogP contribution in [0.25, 0.3) is 0 Å². The molecule has 1 unspecified atom stereocenters. The minimum atomic E-state index is -2.89. The molecule has 0 radical (unpaired) electrons. The van der Waals surface area contributed by atoms with Crippen LogP contribution >= 0.6 is 0 Å². The molecule has 1 atom stereocenters. The highest BCUT2D eigenvalue weighted by Gasteiger charge is 2.30. The Bertz CT molecular complexity index is 629. The van der Waals surface area contributed by atoms with Crippen molar-refractivity contribution in [2.45, 2.75) is 18.9 Å². The fraction of sp³-hybridized carbons (Fsp3) is 0.769. The summed E-state index contributed by atoms with van der Waals surface area (Å²) in [5.41, 5.74) is 0. The van der Waals surface area contributed by atoms with Gasteiger partial charge in [0.15, 0.2) is 9.84 Å². The highest BCUT2D eigenvalue weighted by atomic mass is 32.2. The Kier molecular flexibility index (Phi) is 5.94. The van der Waals surface area contributed by atoms with Gasteiger partial charge in [0, 0.05) is 39.1 Å². The van der Waals surface area contributed by atoms with Gasteiger partial charge in [-0.25, -0.2) is 13.1 Å². The molecule has 2 N–H and O–H groups in total. The van der Waals surface area contributed by atoms with E-state index in [-0.39, 0.29) is 23.5 Å². The molecule has 2 rings (SSSR count). The van der Waals surface area contributed by atoms with Gasteiger partial charge in [0.1, 0.15) is 6.33 Å². The number of carbonyl (C=O) groups excluding carboxylic acids is 1. The number of carbonyl (C=O) groups is 1. The molecule has 0 saturated carbocycles. The maximum Gasteiger partial charge on any atom is 0.221 e. The molecule has 1 aliphatic rings. The maximum absolute atomic E-state index is 11.8. The molecule has 9 nitrogen and oxygen atoms in total. The van der Waals surface area contributed by atoms with E-state index in [1.807, 2.05) is 11.9 Å². The summed E-state index contributed by atoms with van der Waals surface area (Å²) in [4.78, 5) is 17.8. The molecule has 0 bridgehead atoms. The molecule has 0 spiro atoms. The van der Waals surface area contributed by atoms with Gasteiger partial charge in [-0.1, -0.05) is 0 Å². The number of aryl methyl sites for hydroxylation is 1. The molecule has 1 amide bonds. The van der Waals surface area contributed by atoms with E-state index in [0.29, 0.717) is 38.4 Å². The summed E-state index contributed by atoms with van der Waals surface area (Å²) in [6.45, 7) is 1.62. The first-order chi connectivity index (χ1) is 10.9. The first kappa shape index (κ1) is 17.7. The predicted molar refractivity (Wildman–Crippen MR) is 86.8 cm³/mol. The van der Waals surface area contributed by atoms with Gasteiger partial charge >= 0.3 is 0 Å². The number of sulfone groups is 1. The average Bonchev–Trinajstić information content (AvgIpc) is 3.06. The van der Waals surface area contributed by atoms with Gasteiger partial charge in [-0.2, -0.15) is 10.1 Å². The molecule has 10 heteroatoms. The zero-order valence-electron chi connectivity index (χ0n) is 13.5. The lowest BCUT2D eigenvalue weighted by Gasteiger charge is -2.22. The Balaban J connectivity index is 1.59. The quantitative estimate of drug-likeness (QED) is 0.573. The molecule has 0 aromatic carbocycles. The van der Waals surface area contributed by atoms with Crippen LogP contribution in [-0.2, 0) is 21.7 Å². The van der Waals surface area contributed by atoms with Gasteiger partial charge in [-0.15, -0.1) is 0 Å². The van der Waals surface area contributed by atoms with Crippen LogP contribution in [0.3, 0.4) is 0 Å². The first-order valence-corrected chi connectivity index (χ1v) is 9.45. The zero-order valence-corrected chi connectivity index (χ0v) is 14.3. The van der Waals surface area contributed by atoms with Crippen LogP contribution < -0.4 is 10.6 Å². The van der Waals surface area contributed by atoms with E-state index in [1.54, 1.807) is 11.7 Å². The second-order valence-electron chi connectivity index (χ2n) is 5.77. The number of amides is 1. The van der Waals surface area contributed by atoms with Crippen molar-refractivity contribution in [3.05, 3.63) is 6.33 Å². The average molecular weight is 344 g/mol. The van der Waals surface area contributed by atoms with E-state index < -0.39 is 9.84 Å². The van der Waals surface area contributed by atoms with E-state index in [0.717, 1.165) is 0 Å². The Labute approximate surface area is 136 Å². The van der Waals surface area contributed by atoms with Gasteiger partial charge in [0.05, 0.1) is 11.5 Å². The van der Waals surface area contributed by atoms with Gasteiger partial charge in [0.25, 0.3) is 0 Å². The summed E-state index contributed by atoms with van der Waals surface area (Å²) >= 11 is 0. The topological polar surface area (TPSA) is 109 Å². The van der Waals surface area contributed by atoms with Gasteiger partial charge in [-0.05, 0) is 13.5 Å². The van der Waals surface area contributed by atoms with Crippen LogP contribution in [0.1, 0.15) is 12.8 Å². The van der Waals surface area contributed by atoms with Crippen LogP contribution in [0.5, 0.6) is 0 Å².